The van der Waals surface area contributed by atoms with Crippen molar-refractivity contribution in [1.82, 2.24) is 29.9 Å². The summed E-state index contributed by atoms with van der Waals surface area (Å²) >= 11 is 3.47. The summed E-state index contributed by atoms with van der Waals surface area (Å²) in [7, 11) is 0. The zero-order valence-electron chi connectivity index (χ0n) is 15.5. The van der Waals surface area contributed by atoms with Gasteiger partial charge in [-0.25, -0.2) is 9.67 Å². The maximum absolute atomic E-state index is 12.5. The first-order chi connectivity index (χ1) is 13.6. The minimum absolute atomic E-state index is 0.0802. The number of aryl methyl sites for hydroxylation is 2. The molecule has 0 saturated heterocycles. The van der Waals surface area contributed by atoms with Crippen molar-refractivity contribution >= 4 is 32.9 Å². The van der Waals surface area contributed by atoms with Crippen molar-refractivity contribution in [3.05, 3.63) is 52.7 Å². The molecule has 1 N–H and O–H groups in total. The molecule has 0 aromatic carbocycles. The van der Waals surface area contributed by atoms with Gasteiger partial charge in [-0.1, -0.05) is 0 Å². The number of furan rings is 1. The number of rotatable bonds is 6. The van der Waals surface area contributed by atoms with Crippen LogP contribution in [0.1, 0.15) is 18.3 Å². The molecule has 0 bridgehead atoms. The minimum atomic E-state index is -0.148. The molecule has 28 heavy (non-hydrogen) atoms. The number of amides is 1. The van der Waals surface area contributed by atoms with Gasteiger partial charge in [0.25, 0.3) is 0 Å². The predicted molar refractivity (Wildman–Crippen MR) is 107 cm³/mol. The summed E-state index contributed by atoms with van der Waals surface area (Å²) in [6.07, 6.45) is 5.07. The number of halogens is 1. The van der Waals surface area contributed by atoms with E-state index in [2.05, 4.69) is 36.4 Å². The first-order valence-electron chi connectivity index (χ1n) is 8.91. The summed E-state index contributed by atoms with van der Waals surface area (Å²) in [5, 5.41) is 12.6. The minimum Gasteiger partial charge on any atom is -0.464 e. The zero-order chi connectivity index (χ0) is 19.7. The van der Waals surface area contributed by atoms with E-state index < -0.39 is 0 Å². The lowest BCUT2D eigenvalue weighted by Gasteiger charge is -2.08. The van der Waals surface area contributed by atoms with Gasteiger partial charge in [0.2, 0.25) is 5.91 Å². The Morgan fingerprint density at radius 2 is 2.18 bits per heavy atom. The van der Waals surface area contributed by atoms with Crippen LogP contribution in [-0.2, 0) is 24.4 Å². The molecule has 0 fully saturated rings. The molecular formula is C19H19BrN6O2. The van der Waals surface area contributed by atoms with E-state index in [4.69, 9.17) is 4.42 Å². The van der Waals surface area contributed by atoms with Crippen LogP contribution in [0.2, 0.25) is 0 Å². The van der Waals surface area contributed by atoms with E-state index in [1.54, 1.807) is 23.3 Å². The van der Waals surface area contributed by atoms with Gasteiger partial charge in [0.15, 0.2) is 5.65 Å². The standard InChI is InChI=1S/C19H19BrN6O2/c1-3-25-15(14(20)9-23-25)10-22-17(27)11-26-19-18(12(2)24-26)13(6-7-21-19)16-5-4-8-28-16/h4-9H,3,10-11H2,1-2H3,(H,22,27). The van der Waals surface area contributed by atoms with E-state index in [0.717, 1.165) is 39.1 Å². The van der Waals surface area contributed by atoms with Gasteiger partial charge in [0.1, 0.15) is 12.3 Å². The van der Waals surface area contributed by atoms with Crippen LogP contribution in [-0.4, -0.2) is 30.5 Å². The van der Waals surface area contributed by atoms with Gasteiger partial charge in [-0.2, -0.15) is 10.2 Å². The Labute approximate surface area is 169 Å². The van der Waals surface area contributed by atoms with E-state index >= 15 is 0 Å². The number of pyridine rings is 1. The Bertz CT molecular complexity index is 1130. The van der Waals surface area contributed by atoms with Crippen LogP contribution < -0.4 is 5.32 Å². The first-order valence-corrected chi connectivity index (χ1v) is 9.70. The Balaban J connectivity index is 1.56. The third kappa shape index (κ3) is 3.33. The fourth-order valence-electron chi connectivity index (χ4n) is 3.24. The van der Waals surface area contributed by atoms with Crippen LogP contribution in [0.25, 0.3) is 22.4 Å². The number of nitrogens with one attached hydrogen (secondary N) is 1. The molecule has 0 aliphatic heterocycles. The highest BCUT2D eigenvalue weighted by Gasteiger charge is 2.17. The topological polar surface area (TPSA) is 90.8 Å². The molecule has 1 amide bonds. The van der Waals surface area contributed by atoms with E-state index in [-0.39, 0.29) is 12.5 Å². The highest BCUT2D eigenvalue weighted by atomic mass is 79.9. The molecule has 0 saturated carbocycles. The molecular weight excluding hydrogens is 424 g/mol. The van der Waals surface area contributed by atoms with Crippen molar-refractivity contribution in [3.63, 3.8) is 0 Å². The summed E-state index contributed by atoms with van der Waals surface area (Å²) in [6.45, 7) is 5.11. The highest BCUT2D eigenvalue weighted by molar-refractivity contribution is 9.10. The molecule has 4 aromatic heterocycles. The fraction of sp³-hybridized carbons (Fsp3) is 0.263. The molecule has 9 heteroatoms. The van der Waals surface area contributed by atoms with Crippen molar-refractivity contribution in [1.29, 1.82) is 0 Å². The van der Waals surface area contributed by atoms with E-state index in [9.17, 15) is 4.79 Å². The Hall–Kier alpha value is -2.94. The molecule has 4 rings (SSSR count). The molecule has 0 aliphatic carbocycles. The van der Waals surface area contributed by atoms with Gasteiger partial charge >= 0.3 is 0 Å². The number of hydrogen-bond acceptors (Lipinski definition) is 5. The van der Waals surface area contributed by atoms with Crippen molar-refractivity contribution < 1.29 is 9.21 Å². The summed E-state index contributed by atoms with van der Waals surface area (Å²) in [5.74, 6) is 0.600. The van der Waals surface area contributed by atoms with Crippen molar-refractivity contribution in [2.75, 3.05) is 0 Å². The lowest BCUT2D eigenvalue weighted by molar-refractivity contribution is -0.122. The Morgan fingerprint density at radius 1 is 1.32 bits per heavy atom. The average Bonchev–Trinajstić information content (AvgIpc) is 3.41. The van der Waals surface area contributed by atoms with Gasteiger partial charge in [0, 0.05) is 18.3 Å². The van der Waals surface area contributed by atoms with Gasteiger partial charge in [-0.15, -0.1) is 0 Å². The summed E-state index contributed by atoms with van der Waals surface area (Å²) in [6, 6.07) is 5.63. The normalized spacial score (nSPS) is 11.2. The smallest absolute Gasteiger partial charge is 0.242 e. The van der Waals surface area contributed by atoms with Crippen LogP contribution >= 0.6 is 15.9 Å². The molecule has 8 nitrogen and oxygen atoms in total. The van der Waals surface area contributed by atoms with E-state index in [1.165, 1.54) is 0 Å². The first kappa shape index (κ1) is 18.4. The molecule has 0 radical (unpaired) electrons. The summed E-state index contributed by atoms with van der Waals surface area (Å²) in [4.78, 5) is 17.0. The van der Waals surface area contributed by atoms with Crippen LogP contribution in [0.4, 0.5) is 0 Å². The molecule has 4 heterocycles. The number of carbonyl (C=O) groups is 1. The molecule has 4 aromatic rings. The van der Waals surface area contributed by atoms with Crippen molar-refractivity contribution in [2.24, 2.45) is 0 Å². The van der Waals surface area contributed by atoms with Gasteiger partial charge < -0.3 is 9.73 Å². The van der Waals surface area contributed by atoms with E-state index in [1.807, 2.05) is 36.7 Å². The van der Waals surface area contributed by atoms with Crippen LogP contribution in [0.5, 0.6) is 0 Å². The Kier molecular flexibility index (Phi) is 4.99. The lowest BCUT2D eigenvalue weighted by Crippen LogP contribution is -2.28. The summed E-state index contributed by atoms with van der Waals surface area (Å²) < 4.78 is 9.87. The average molecular weight is 443 g/mol. The fourth-order valence-corrected chi connectivity index (χ4v) is 3.68. The Morgan fingerprint density at radius 3 is 2.93 bits per heavy atom. The largest absolute Gasteiger partial charge is 0.464 e. The number of aromatic nitrogens is 5. The van der Waals surface area contributed by atoms with Crippen LogP contribution in [0, 0.1) is 6.92 Å². The van der Waals surface area contributed by atoms with Gasteiger partial charge in [-0.05, 0) is 48.0 Å². The van der Waals surface area contributed by atoms with Crippen LogP contribution in [0.15, 0.2) is 45.7 Å². The maximum atomic E-state index is 12.5. The third-order valence-corrected chi connectivity index (χ3v) is 5.20. The highest BCUT2D eigenvalue weighted by Crippen LogP contribution is 2.29. The third-order valence-electron chi connectivity index (χ3n) is 4.54. The van der Waals surface area contributed by atoms with Crippen molar-refractivity contribution in [3.8, 4) is 11.3 Å². The summed E-state index contributed by atoms with van der Waals surface area (Å²) in [5.41, 5.74) is 3.29. The molecule has 0 spiro atoms. The second-order valence-corrected chi connectivity index (χ2v) is 7.16. The monoisotopic (exact) mass is 442 g/mol. The predicted octanol–water partition coefficient (Wildman–Crippen LogP) is 3.30. The van der Waals surface area contributed by atoms with Gasteiger partial charge in [0.05, 0.1) is 40.3 Å². The van der Waals surface area contributed by atoms with Crippen molar-refractivity contribution in [2.45, 2.75) is 33.5 Å². The molecule has 0 aliphatic rings. The van der Waals surface area contributed by atoms with Gasteiger partial charge in [-0.3, -0.25) is 9.48 Å². The number of hydrogen-bond donors (Lipinski definition) is 1. The molecule has 144 valence electrons. The number of fused-ring (bicyclic) bond motifs is 1. The second kappa shape index (κ2) is 7.59. The number of carbonyl (C=O) groups excluding carboxylic acids is 1. The lowest BCUT2D eigenvalue weighted by atomic mass is 10.1. The quantitative estimate of drug-likeness (QED) is 0.494. The van der Waals surface area contributed by atoms with Crippen LogP contribution in [0.3, 0.4) is 0 Å². The second-order valence-electron chi connectivity index (χ2n) is 6.31. The maximum Gasteiger partial charge on any atom is 0.242 e. The number of nitrogens with zero attached hydrogens (tertiary/aromatic N) is 5. The SMILES string of the molecule is CCn1ncc(Br)c1CNC(=O)Cn1nc(C)c2c(-c3ccco3)ccnc21. The zero-order valence-corrected chi connectivity index (χ0v) is 17.1. The van der Waals surface area contributed by atoms with E-state index in [0.29, 0.717) is 12.2 Å². The molecule has 0 unspecified atom stereocenters. The molecule has 0 atom stereocenters.